The van der Waals surface area contributed by atoms with Gasteiger partial charge in [-0.25, -0.2) is 4.98 Å². The summed E-state index contributed by atoms with van der Waals surface area (Å²) in [6, 6.07) is 13.6. The first kappa shape index (κ1) is 21.2. The number of nitrogens with zero attached hydrogens (tertiary/aromatic N) is 4. The molecule has 0 spiro atoms. The van der Waals surface area contributed by atoms with Crippen LogP contribution in [-0.2, 0) is 16.1 Å². The summed E-state index contributed by atoms with van der Waals surface area (Å²) >= 11 is 6.22. The lowest BCUT2D eigenvalue weighted by Crippen LogP contribution is -2.38. The summed E-state index contributed by atoms with van der Waals surface area (Å²) in [5.41, 5.74) is 2.79. The minimum atomic E-state index is 0.00303. The Morgan fingerprint density at radius 2 is 1.97 bits per heavy atom. The van der Waals surface area contributed by atoms with Gasteiger partial charge in [0.15, 0.2) is 0 Å². The highest BCUT2D eigenvalue weighted by molar-refractivity contribution is 6.31. The Bertz CT molecular complexity index is 1130. The zero-order chi connectivity index (χ0) is 22.1. The fourth-order valence-electron chi connectivity index (χ4n) is 4.69. The predicted molar refractivity (Wildman–Crippen MR) is 125 cm³/mol. The Morgan fingerprint density at radius 1 is 1.16 bits per heavy atom. The highest BCUT2D eigenvalue weighted by Crippen LogP contribution is 2.38. The van der Waals surface area contributed by atoms with Crippen molar-refractivity contribution in [3.8, 4) is 5.75 Å². The Hall–Kier alpha value is -2.61. The van der Waals surface area contributed by atoms with E-state index in [9.17, 15) is 4.79 Å². The number of carbonyl (C=O) groups excluding carboxylic acids is 1. The van der Waals surface area contributed by atoms with Crippen LogP contribution in [0, 0.1) is 0 Å². The van der Waals surface area contributed by atoms with Crippen molar-refractivity contribution in [2.24, 2.45) is 0 Å². The molecule has 0 aliphatic carbocycles. The molecule has 32 heavy (non-hydrogen) atoms. The van der Waals surface area contributed by atoms with Gasteiger partial charge in [0, 0.05) is 50.1 Å². The number of halogens is 1. The zero-order valence-electron chi connectivity index (χ0n) is 18.2. The summed E-state index contributed by atoms with van der Waals surface area (Å²) < 4.78 is 13.3. The van der Waals surface area contributed by atoms with E-state index in [0.29, 0.717) is 29.4 Å². The van der Waals surface area contributed by atoms with Crippen LogP contribution in [0.3, 0.4) is 0 Å². The van der Waals surface area contributed by atoms with Gasteiger partial charge in [-0.3, -0.25) is 9.69 Å². The fourth-order valence-corrected chi connectivity index (χ4v) is 4.86. The first-order chi connectivity index (χ1) is 15.6. The van der Waals surface area contributed by atoms with E-state index in [1.165, 1.54) is 0 Å². The molecule has 8 heteroatoms. The van der Waals surface area contributed by atoms with Gasteiger partial charge in [0.1, 0.15) is 11.6 Å². The number of imidazole rings is 1. The van der Waals surface area contributed by atoms with Crippen LogP contribution in [0.1, 0.15) is 18.2 Å². The van der Waals surface area contributed by atoms with Crippen LogP contribution in [0.5, 0.6) is 5.75 Å². The normalized spacial score (nSPS) is 19.8. The summed E-state index contributed by atoms with van der Waals surface area (Å²) in [6.07, 6.45) is 0.413. The lowest BCUT2D eigenvalue weighted by molar-refractivity contribution is -0.117. The van der Waals surface area contributed by atoms with Gasteiger partial charge in [-0.15, -0.1) is 0 Å². The van der Waals surface area contributed by atoms with Crippen molar-refractivity contribution in [1.29, 1.82) is 0 Å². The number of carbonyl (C=O) groups is 1. The minimum Gasteiger partial charge on any atom is -0.495 e. The molecule has 0 bridgehead atoms. The second kappa shape index (κ2) is 9.10. The standard InChI is InChI=1S/C24H27ClN4O3/c1-31-22-7-6-18(25)15-21(22)29-16-17(14-23(29)30)24-26-19-4-2-3-5-20(19)28(24)9-8-27-10-12-32-13-11-27/h2-7,15,17H,8-14,16H2,1H3/t17-/m1/s1. The molecule has 2 aromatic carbocycles. The van der Waals surface area contributed by atoms with Crippen LogP contribution in [0.4, 0.5) is 5.69 Å². The molecule has 2 aliphatic heterocycles. The van der Waals surface area contributed by atoms with Gasteiger partial charge in [0.25, 0.3) is 0 Å². The van der Waals surface area contributed by atoms with E-state index < -0.39 is 0 Å². The SMILES string of the molecule is COc1ccc(Cl)cc1N1C[C@H](c2nc3ccccc3n2CCN2CCOCC2)CC1=O. The predicted octanol–water partition coefficient (Wildman–Crippen LogP) is 3.55. The van der Waals surface area contributed by atoms with Gasteiger partial charge >= 0.3 is 0 Å². The van der Waals surface area contributed by atoms with Gasteiger partial charge < -0.3 is 18.9 Å². The molecule has 2 saturated heterocycles. The van der Waals surface area contributed by atoms with Crippen LogP contribution < -0.4 is 9.64 Å². The number of morpholine rings is 1. The van der Waals surface area contributed by atoms with Gasteiger partial charge in [-0.1, -0.05) is 23.7 Å². The van der Waals surface area contributed by atoms with Gasteiger partial charge in [-0.05, 0) is 30.3 Å². The molecular weight excluding hydrogens is 428 g/mol. The molecule has 1 aromatic heterocycles. The van der Waals surface area contributed by atoms with E-state index in [2.05, 4.69) is 15.5 Å². The lowest BCUT2D eigenvalue weighted by atomic mass is 10.1. The average molecular weight is 455 g/mol. The summed E-state index contributed by atoms with van der Waals surface area (Å²) in [6.45, 7) is 5.79. The summed E-state index contributed by atoms with van der Waals surface area (Å²) in [5, 5.41) is 0.579. The van der Waals surface area contributed by atoms with E-state index in [1.54, 1.807) is 30.2 Å². The minimum absolute atomic E-state index is 0.00303. The van der Waals surface area contributed by atoms with Crippen LogP contribution in [0.2, 0.25) is 5.02 Å². The molecular formula is C24H27ClN4O3. The number of hydrogen-bond acceptors (Lipinski definition) is 5. The van der Waals surface area contributed by atoms with Crippen LogP contribution in [0.25, 0.3) is 11.0 Å². The number of ether oxygens (including phenoxy) is 2. The van der Waals surface area contributed by atoms with Crippen LogP contribution >= 0.6 is 11.6 Å². The molecule has 5 rings (SSSR count). The second-order valence-electron chi connectivity index (χ2n) is 8.29. The number of para-hydroxylation sites is 2. The first-order valence-electron chi connectivity index (χ1n) is 11.0. The largest absolute Gasteiger partial charge is 0.495 e. The zero-order valence-corrected chi connectivity index (χ0v) is 18.9. The fraction of sp³-hybridized carbons (Fsp3) is 0.417. The maximum atomic E-state index is 13.0. The molecule has 168 valence electrons. The Labute approximate surface area is 192 Å². The molecule has 3 aromatic rings. The smallest absolute Gasteiger partial charge is 0.227 e. The van der Waals surface area contributed by atoms with Gasteiger partial charge in [0.05, 0.1) is 37.0 Å². The Balaban J connectivity index is 1.44. The molecule has 0 radical (unpaired) electrons. The highest BCUT2D eigenvalue weighted by atomic mass is 35.5. The maximum absolute atomic E-state index is 13.0. The van der Waals surface area contributed by atoms with Crippen molar-refractivity contribution in [1.82, 2.24) is 14.5 Å². The van der Waals surface area contributed by atoms with Crippen molar-refractivity contribution >= 4 is 34.2 Å². The summed E-state index contributed by atoms with van der Waals surface area (Å²) in [4.78, 5) is 22.2. The Morgan fingerprint density at radius 3 is 2.78 bits per heavy atom. The number of anilines is 1. The van der Waals surface area contributed by atoms with E-state index in [1.807, 2.05) is 18.2 Å². The van der Waals surface area contributed by atoms with Crippen molar-refractivity contribution in [3.05, 3.63) is 53.3 Å². The topological polar surface area (TPSA) is 59.8 Å². The van der Waals surface area contributed by atoms with E-state index in [0.717, 1.165) is 56.3 Å². The molecule has 2 aliphatic rings. The number of aromatic nitrogens is 2. The quantitative estimate of drug-likeness (QED) is 0.570. The number of benzene rings is 2. The van der Waals surface area contributed by atoms with Crippen molar-refractivity contribution in [2.75, 3.05) is 51.4 Å². The third-order valence-corrected chi connectivity index (χ3v) is 6.58. The Kier molecular flexibility index (Phi) is 6.04. The number of rotatable bonds is 6. The monoisotopic (exact) mass is 454 g/mol. The number of amides is 1. The number of fused-ring (bicyclic) bond motifs is 1. The van der Waals surface area contributed by atoms with Gasteiger partial charge in [0.2, 0.25) is 5.91 Å². The van der Waals surface area contributed by atoms with E-state index >= 15 is 0 Å². The maximum Gasteiger partial charge on any atom is 0.227 e. The third-order valence-electron chi connectivity index (χ3n) is 6.35. The molecule has 0 N–H and O–H groups in total. The third kappa shape index (κ3) is 4.08. The first-order valence-corrected chi connectivity index (χ1v) is 11.4. The van der Waals surface area contributed by atoms with Crippen molar-refractivity contribution in [3.63, 3.8) is 0 Å². The summed E-state index contributed by atoms with van der Waals surface area (Å²) in [7, 11) is 1.61. The van der Waals surface area contributed by atoms with Crippen molar-refractivity contribution < 1.29 is 14.3 Å². The van der Waals surface area contributed by atoms with Crippen molar-refractivity contribution in [2.45, 2.75) is 18.9 Å². The number of hydrogen-bond donors (Lipinski definition) is 0. The molecule has 0 saturated carbocycles. The van der Waals surface area contributed by atoms with E-state index in [-0.39, 0.29) is 11.8 Å². The second-order valence-corrected chi connectivity index (χ2v) is 8.72. The van der Waals surface area contributed by atoms with Crippen LogP contribution in [0.15, 0.2) is 42.5 Å². The lowest BCUT2D eigenvalue weighted by Gasteiger charge is -2.27. The highest BCUT2D eigenvalue weighted by Gasteiger charge is 2.36. The molecule has 0 unspecified atom stereocenters. The van der Waals surface area contributed by atoms with Crippen LogP contribution in [-0.4, -0.2) is 66.9 Å². The molecule has 1 amide bonds. The molecule has 1 atom stereocenters. The molecule has 2 fully saturated rings. The molecule has 7 nitrogen and oxygen atoms in total. The van der Waals surface area contributed by atoms with Gasteiger partial charge in [-0.2, -0.15) is 0 Å². The number of methoxy groups -OCH3 is 1. The average Bonchev–Trinajstić information content (AvgIpc) is 3.38. The van der Waals surface area contributed by atoms with E-state index in [4.69, 9.17) is 26.1 Å². The molecule has 3 heterocycles. The summed E-state index contributed by atoms with van der Waals surface area (Å²) in [5.74, 6) is 1.67.